The molecule has 0 aliphatic heterocycles. The lowest BCUT2D eigenvalue weighted by molar-refractivity contribution is 0.126. The van der Waals surface area contributed by atoms with Crippen LogP contribution in [0.1, 0.15) is 11.4 Å². The van der Waals surface area contributed by atoms with Crippen molar-refractivity contribution in [3.63, 3.8) is 0 Å². The zero-order valence-electron chi connectivity index (χ0n) is 13.3. The van der Waals surface area contributed by atoms with E-state index < -0.39 is 6.10 Å². The van der Waals surface area contributed by atoms with Crippen LogP contribution in [0.25, 0.3) is 5.78 Å². The maximum atomic E-state index is 10.1. The van der Waals surface area contributed by atoms with Gasteiger partial charge < -0.3 is 9.84 Å². The van der Waals surface area contributed by atoms with Gasteiger partial charge >= 0.3 is 0 Å². The maximum absolute atomic E-state index is 10.1. The van der Waals surface area contributed by atoms with Gasteiger partial charge in [-0.25, -0.2) is 9.50 Å². The van der Waals surface area contributed by atoms with E-state index in [4.69, 9.17) is 4.74 Å². The summed E-state index contributed by atoms with van der Waals surface area (Å²) >= 11 is 4.77. The summed E-state index contributed by atoms with van der Waals surface area (Å²) in [5.74, 6) is 1.74. The van der Waals surface area contributed by atoms with E-state index in [2.05, 4.69) is 31.0 Å². The first-order valence-corrected chi connectivity index (χ1v) is 9.19. The van der Waals surface area contributed by atoms with Crippen molar-refractivity contribution in [1.82, 2.24) is 19.6 Å². The highest BCUT2D eigenvalue weighted by Crippen LogP contribution is 2.19. The van der Waals surface area contributed by atoms with Gasteiger partial charge in [0.25, 0.3) is 5.78 Å². The number of nitrogens with zero attached hydrogens (tertiary/aromatic N) is 4. The summed E-state index contributed by atoms with van der Waals surface area (Å²) in [5.41, 5.74) is 1.89. The van der Waals surface area contributed by atoms with Crippen LogP contribution < -0.4 is 4.74 Å². The number of fused-ring (bicyclic) bond motifs is 1. The molecule has 0 saturated heterocycles. The van der Waals surface area contributed by atoms with Crippen molar-refractivity contribution in [2.24, 2.45) is 0 Å². The Hall–Kier alpha value is -1.64. The van der Waals surface area contributed by atoms with E-state index in [0.29, 0.717) is 16.7 Å². The third-order valence-electron chi connectivity index (χ3n) is 3.24. The van der Waals surface area contributed by atoms with Crippen molar-refractivity contribution >= 4 is 33.5 Å². The number of aromatic nitrogens is 4. The lowest BCUT2D eigenvalue weighted by atomic mass is 10.3. The molecular weight excluding hydrogens is 392 g/mol. The van der Waals surface area contributed by atoms with E-state index in [1.807, 2.05) is 44.2 Å². The fourth-order valence-corrected chi connectivity index (χ4v) is 3.28. The van der Waals surface area contributed by atoms with Crippen LogP contribution in [0, 0.1) is 13.8 Å². The highest BCUT2D eigenvalue weighted by molar-refractivity contribution is 9.10. The molecule has 24 heavy (non-hydrogen) atoms. The summed E-state index contributed by atoms with van der Waals surface area (Å²) in [6.45, 7) is 4.11. The number of aliphatic hydroxyl groups excluding tert-OH is 1. The van der Waals surface area contributed by atoms with Crippen LogP contribution in [0.15, 0.2) is 40.0 Å². The van der Waals surface area contributed by atoms with Gasteiger partial charge in [0.2, 0.25) is 5.16 Å². The van der Waals surface area contributed by atoms with Gasteiger partial charge in [0, 0.05) is 21.6 Å². The van der Waals surface area contributed by atoms with Gasteiger partial charge in [-0.15, -0.1) is 5.10 Å². The SMILES string of the molecule is Cc1cc(C)n2nc(SC[C@@H](O)COc3cccc(Br)c3)nc2n1. The first kappa shape index (κ1) is 17.2. The van der Waals surface area contributed by atoms with Gasteiger partial charge in [0.15, 0.2) is 0 Å². The number of hydrogen-bond acceptors (Lipinski definition) is 6. The summed E-state index contributed by atoms with van der Waals surface area (Å²) in [6.07, 6.45) is -0.614. The molecule has 3 aromatic rings. The Morgan fingerprint density at radius 2 is 2.12 bits per heavy atom. The molecule has 0 aliphatic carbocycles. The molecule has 1 N–H and O–H groups in total. The number of aryl methyl sites for hydroxylation is 2. The molecule has 0 bridgehead atoms. The highest BCUT2D eigenvalue weighted by Gasteiger charge is 2.12. The van der Waals surface area contributed by atoms with Gasteiger partial charge in [-0.05, 0) is 38.1 Å². The van der Waals surface area contributed by atoms with Crippen LogP contribution in [0.2, 0.25) is 0 Å². The van der Waals surface area contributed by atoms with Crippen molar-refractivity contribution in [2.45, 2.75) is 25.1 Å². The van der Waals surface area contributed by atoms with Crippen LogP contribution in [0.5, 0.6) is 5.75 Å². The Morgan fingerprint density at radius 3 is 2.92 bits per heavy atom. The molecule has 1 atom stereocenters. The minimum atomic E-state index is -0.614. The lowest BCUT2D eigenvalue weighted by Crippen LogP contribution is -2.20. The molecule has 2 heterocycles. The van der Waals surface area contributed by atoms with E-state index in [1.54, 1.807) is 4.52 Å². The molecule has 3 rings (SSSR count). The minimum absolute atomic E-state index is 0.215. The Labute approximate surface area is 152 Å². The number of halogens is 1. The van der Waals surface area contributed by atoms with Crippen LogP contribution in [-0.2, 0) is 0 Å². The molecule has 0 radical (unpaired) electrons. The van der Waals surface area contributed by atoms with Gasteiger partial charge in [-0.3, -0.25) is 0 Å². The van der Waals surface area contributed by atoms with Crippen molar-refractivity contribution in [1.29, 1.82) is 0 Å². The predicted octanol–water partition coefficient (Wildman–Crippen LogP) is 3.04. The van der Waals surface area contributed by atoms with Crippen molar-refractivity contribution in [2.75, 3.05) is 12.4 Å². The molecule has 0 aliphatic rings. The molecule has 8 heteroatoms. The number of ether oxygens (including phenoxy) is 1. The highest BCUT2D eigenvalue weighted by atomic mass is 79.9. The van der Waals surface area contributed by atoms with Crippen LogP contribution in [-0.4, -0.2) is 43.2 Å². The molecule has 0 saturated carbocycles. The second-order valence-corrected chi connectivity index (χ2v) is 7.28. The van der Waals surface area contributed by atoms with Gasteiger partial charge in [-0.1, -0.05) is 33.8 Å². The number of rotatable bonds is 6. The molecule has 2 aromatic heterocycles. The molecule has 0 amide bonds. The summed E-state index contributed by atoms with van der Waals surface area (Å²) in [7, 11) is 0. The fraction of sp³-hybridized carbons (Fsp3) is 0.312. The Bertz CT molecular complexity index is 855. The standard InChI is InChI=1S/C16H17BrN4O2S/c1-10-6-11(2)21-15(18-10)19-16(20-21)24-9-13(22)8-23-14-5-3-4-12(17)7-14/h3-7,13,22H,8-9H2,1-2H3/t13-/m0/s1. The molecule has 0 unspecified atom stereocenters. The number of aliphatic hydroxyl groups is 1. The number of thioether (sulfide) groups is 1. The summed E-state index contributed by atoms with van der Waals surface area (Å²) in [4.78, 5) is 8.73. The summed E-state index contributed by atoms with van der Waals surface area (Å²) in [5, 5.41) is 15.1. The molecule has 0 fully saturated rings. The van der Waals surface area contributed by atoms with Crippen molar-refractivity contribution < 1.29 is 9.84 Å². The lowest BCUT2D eigenvalue weighted by Gasteiger charge is -2.11. The Kier molecular flexibility index (Phi) is 5.37. The third-order valence-corrected chi connectivity index (χ3v) is 4.72. The van der Waals surface area contributed by atoms with Crippen molar-refractivity contribution in [3.05, 3.63) is 46.2 Å². The van der Waals surface area contributed by atoms with E-state index in [0.717, 1.165) is 21.6 Å². The summed E-state index contributed by atoms with van der Waals surface area (Å²) < 4.78 is 8.23. The topological polar surface area (TPSA) is 72.5 Å². The van der Waals surface area contributed by atoms with Gasteiger partial charge in [0.1, 0.15) is 12.4 Å². The Morgan fingerprint density at radius 1 is 1.29 bits per heavy atom. The minimum Gasteiger partial charge on any atom is -0.491 e. The second kappa shape index (κ2) is 7.50. The van der Waals surface area contributed by atoms with E-state index in [9.17, 15) is 5.11 Å². The average molecular weight is 409 g/mol. The molecular formula is C16H17BrN4O2S. The monoisotopic (exact) mass is 408 g/mol. The zero-order chi connectivity index (χ0) is 17.1. The normalized spacial score (nSPS) is 12.5. The zero-order valence-corrected chi connectivity index (χ0v) is 15.7. The molecule has 6 nitrogen and oxygen atoms in total. The van der Waals surface area contributed by atoms with Crippen LogP contribution >= 0.6 is 27.7 Å². The average Bonchev–Trinajstić information content (AvgIpc) is 2.94. The van der Waals surface area contributed by atoms with Gasteiger partial charge in [-0.2, -0.15) is 4.98 Å². The predicted molar refractivity (Wildman–Crippen MR) is 96.6 cm³/mol. The Balaban J connectivity index is 1.56. The summed E-state index contributed by atoms with van der Waals surface area (Å²) in [6, 6.07) is 9.48. The van der Waals surface area contributed by atoms with E-state index in [1.165, 1.54) is 11.8 Å². The second-order valence-electron chi connectivity index (χ2n) is 5.38. The molecule has 126 valence electrons. The van der Waals surface area contributed by atoms with Crippen LogP contribution in [0.3, 0.4) is 0 Å². The smallest absolute Gasteiger partial charge is 0.253 e. The number of hydrogen-bond donors (Lipinski definition) is 1. The van der Waals surface area contributed by atoms with E-state index in [-0.39, 0.29) is 6.61 Å². The molecule has 1 aromatic carbocycles. The number of benzene rings is 1. The van der Waals surface area contributed by atoms with E-state index >= 15 is 0 Å². The largest absolute Gasteiger partial charge is 0.491 e. The first-order chi connectivity index (χ1) is 11.5. The first-order valence-electron chi connectivity index (χ1n) is 7.41. The van der Waals surface area contributed by atoms with Crippen molar-refractivity contribution in [3.8, 4) is 5.75 Å². The van der Waals surface area contributed by atoms with Crippen LogP contribution in [0.4, 0.5) is 0 Å². The molecule has 0 spiro atoms. The quantitative estimate of drug-likeness (QED) is 0.631. The van der Waals surface area contributed by atoms with Gasteiger partial charge in [0.05, 0.1) is 6.10 Å². The third kappa shape index (κ3) is 4.25. The maximum Gasteiger partial charge on any atom is 0.253 e. The fourth-order valence-electron chi connectivity index (χ4n) is 2.18.